The van der Waals surface area contributed by atoms with Gasteiger partial charge in [-0.25, -0.2) is 0 Å². The van der Waals surface area contributed by atoms with Crippen LogP contribution in [-0.4, -0.2) is 24.2 Å². The molecule has 0 aromatic heterocycles. The first kappa shape index (κ1) is 16.5. The van der Waals surface area contributed by atoms with E-state index in [1.165, 1.54) is 0 Å². The smallest absolute Gasteiger partial charge is 0.251 e. The van der Waals surface area contributed by atoms with Crippen LogP contribution in [0.1, 0.15) is 22.8 Å². The van der Waals surface area contributed by atoms with Gasteiger partial charge in [0.2, 0.25) is 0 Å². The van der Waals surface area contributed by atoms with E-state index in [1.54, 1.807) is 30.3 Å². The summed E-state index contributed by atoms with van der Waals surface area (Å²) in [5.41, 5.74) is 2.78. The molecule has 2 rings (SSSR count). The van der Waals surface area contributed by atoms with Gasteiger partial charge in [-0.15, -0.1) is 0 Å². The number of amides is 1. The quantitative estimate of drug-likeness (QED) is 0.766. The van der Waals surface area contributed by atoms with Crippen molar-refractivity contribution in [3.8, 4) is 6.07 Å². The number of nitrogens with zero attached hydrogens (tertiary/aromatic N) is 1. The topological polar surface area (TPSA) is 85.2 Å². The summed E-state index contributed by atoms with van der Waals surface area (Å²) in [5, 5.41) is 23.8. The van der Waals surface area contributed by atoms with E-state index < -0.39 is 0 Å². The van der Waals surface area contributed by atoms with Crippen LogP contribution in [0.2, 0.25) is 0 Å². The molecule has 118 valence electrons. The molecule has 1 atom stereocenters. The van der Waals surface area contributed by atoms with Gasteiger partial charge in [0, 0.05) is 30.1 Å². The lowest BCUT2D eigenvalue weighted by Crippen LogP contribution is -2.29. The average molecular weight is 309 g/mol. The highest BCUT2D eigenvalue weighted by Gasteiger charge is 2.08. The molecular formula is C18H19N3O2. The van der Waals surface area contributed by atoms with Gasteiger partial charge >= 0.3 is 0 Å². The summed E-state index contributed by atoms with van der Waals surface area (Å²) < 4.78 is 0. The Kier molecular flexibility index (Phi) is 5.73. The van der Waals surface area contributed by atoms with Crippen molar-refractivity contribution in [2.45, 2.75) is 6.92 Å². The maximum atomic E-state index is 12.1. The SMILES string of the molecule is CC(CO)CNC(=O)c1cccc(Nc2ccc(C#N)cc2)c1. The van der Waals surface area contributed by atoms with Gasteiger partial charge in [-0.05, 0) is 48.4 Å². The maximum absolute atomic E-state index is 12.1. The fourth-order valence-electron chi connectivity index (χ4n) is 1.97. The van der Waals surface area contributed by atoms with Crippen molar-refractivity contribution in [3.63, 3.8) is 0 Å². The number of anilines is 2. The molecule has 2 aromatic carbocycles. The van der Waals surface area contributed by atoms with Crippen molar-refractivity contribution < 1.29 is 9.90 Å². The number of nitriles is 1. The van der Waals surface area contributed by atoms with Gasteiger partial charge in [-0.2, -0.15) is 5.26 Å². The van der Waals surface area contributed by atoms with Crippen molar-refractivity contribution in [3.05, 3.63) is 59.7 Å². The number of hydrogen-bond acceptors (Lipinski definition) is 4. The zero-order valence-corrected chi connectivity index (χ0v) is 12.9. The maximum Gasteiger partial charge on any atom is 0.251 e. The van der Waals surface area contributed by atoms with E-state index in [0.717, 1.165) is 11.4 Å². The predicted molar refractivity (Wildman–Crippen MR) is 89.5 cm³/mol. The third kappa shape index (κ3) is 4.83. The summed E-state index contributed by atoms with van der Waals surface area (Å²) in [6.07, 6.45) is 0. The molecule has 2 aromatic rings. The largest absolute Gasteiger partial charge is 0.396 e. The van der Waals surface area contributed by atoms with Gasteiger partial charge in [-0.1, -0.05) is 13.0 Å². The zero-order valence-electron chi connectivity index (χ0n) is 12.9. The van der Waals surface area contributed by atoms with E-state index in [-0.39, 0.29) is 18.4 Å². The fraction of sp³-hybridized carbons (Fsp3) is 0.222. The van der Waals surface area contributed by atoms with Crippen molar-refractivity contribution in [2.75, 3.05) is 18.5 Å². The summed E-state index contributed by atoms with van der Waals surface area (Å²) in [6.45, 7) is 2.34. The molecule has 0 fully saturated rings. The van der Waals surface area contributed by atoms with Crippen LogP contribution < -0.4 is 10.6 Å². The standard InChI is InChI=1S/C18H19N3O2/c1-13(12-22)11-20-18(23)15-3-2-4-17(9-15)21-16-7-5-14(10-19)6-8-16/h2-9,13,21-22H,11-12H2,1H3,(H,20,23). The molecule has 0 spiro atoms. The summed E-state index contributed by atoms with van der Waals surface area (Å²) in [7, 11) is 0. The Labute approximate surface area is 135 Å². The molecule has 23 heavy (non-hydrogen) atoms. The highest BCUT2D eigenvalue weighted by molar-refractivity contribution is 5.95. The fourth-order valence-corrected chi connectivity index (χ4v) is 1.97. The average Bonchev–Trinajstić information content (AvgIpc) is 2.60. The van der Waals surface area contributed by atoms with Gasteiger partial charge in [0.05, 0.1) is 11.6 Å². The second-order valence-corrected chi connectivity index (χ2v) is 5.39. The molecule has 1 amide bonds. The molecule has 0 aliphatic carbocycles. The third-order valence-corrected chi connectivity index (χ3v) is 3.35. The number of benzene rings is 2. The number of carbonyl (C=O) groups excluding carboxylic acids is 1. The van der Waals surface area contributed by atoms with Crippen LogP contribution in [0.5, 0.6) is 0 Å². The van der Waals surface area contributed by atoms with Crippen LogP contribution >= 0.6 is 0 Å². The summed E-state index contributed by atoms with van der Waals surface area (Å²) in [6, 6.07) is 16.3. The number of hydrogen-bond donors (Lipinski definition) is 3. The lowest BCUT2D eigenvalue weighted by Gasteiger charge is -2.11. The van der Waals surface area contributed by atoms with E-state index >= 15 is 0 Å². The molecule has 5 nitrogen and oxygen atoms in total. The van der Waals surface area contributed by atoms with E-state index in [9.17, 15) is 4.79 Å². The Bertz CT molecular complexity index is 705. The number of aliphatic hydroxyl groups is 1. The second kappa shape index (κ2) is 7.97. The lowest BCUT2D eigenvalue weighted by molar-refractivity contribution is 0.0942. The molecule has 0 aliphatic heterocycles. The Morgan fingerprint density at radius 3 is 2.61 bits per heavy atom. The molecule has 0 radical (unpaired) electrons. The van der Waals surface area contributed by atoms with Crippen LogP contribution in [-0.2, 0) is 0 Å². The van der Waals surface area contributed by atoms with Crippen LogP contribution in [0, 0.1) is 17.2 Å². The molecule has 0 heterocycles. The summed E-state index contributed by atoms with van der Waals surface area (Å²) in [4.78, 5) is 12.1. The lowest BCUT2D eigenvalue weighted by atomic mass is 10.1. The van der Waals surface area contributed by atoms with E-state index in [4.69, 9.17) is 10.4 Å². The third-order valence-electron chi connectivity index (χ3n) is 3.35. The molecule has 3 N–H and O–H groups in total. The van der Waals surface area contributed by atoms with Crippen LogP contribution in [0.4, 0.5) is 11.4 Å². The first-order chi connectivity index (χ1) is 11.1. The minimum absolute atomic E-state index is 0.0268. The van der Waals surface area contributed by atoms with E-state index in [1.807, 2.05) is 25.1 Å². The molecule has 1 unspecified atom stereocenters. The highest BCUT2D eigenvalue weighted by atomic mass is 16.3. The Morgan fingerprint density at radius 1 is 1.22 bits per heavy atom. The van der Waals surface area contributed by atoms with Crippen LogP contribution in [0.25, 0.3) is 0 Å². The molecule has 0 saturated heterocycles. The van der Waals surface area contributed by atoms with Crippen molar-refractivity contribution in [2.24, 2.45) is 5.92 Å². The Hall–Kier alpha value is -2.84. The van der Waals surface area contributed by atoms with Gasteiger partial charge in [0.25, 0.3) is 5.91 Å². The minimum Gasteiger partial charge on any atom is -0.396 e. The van der Waals surface area contributed by atoms with E-state index in [0.29, 0.717) is 17.7 Å². The summed E-state index contributed by atoms with van der Waals surface area (Å²) >= 11 is 0. The number of carbonyl (C=O) groups is 1. The van der Waals surface area contributed by atoms with Gasteiger partial charge in [0.1, 0.15) is 0 Å². The van der Waals surface area contributed by atoms with Crippen molar-refractivity contribution in [1.29, 1.82) is 5.26 Å². The van der Waals surface area contributed by atoms with Crippen LogP contribution in [0.3, 0.4) is 0 Å². The minimum atomic E-state index is -0.172. The number of rotatable bonds is 6. The van der Waals surface area contributed by atoms with E-state index in [2.05, 4.69) is 16.7 Å². The monoisotopic (exact) mass is 309 g/mol. The Morgan fingerprint density at radius 2 is 1.96 bits per heavy atom. The Balaban J connectivity index is 2.04. The van der Waals surface area contributed by atoms with Gasteiger partial charge < -0.3 is 15.7 Å². The normalized spacial score (nSPS) is 11.3. The first-order valence-corrected chi connectivity index (χ1v) is 7.38. The molecular weight excluding hydrogens is 290 g/mol. The number of aliphatic hydroxyl groups excluding tert-OH is 1. The molecule has 5 heteroatoms. The zero-order chi connectivity index (χ0) is 16.7. The molecule has 0 aliphatic rings. The second-order valence-electron chi connectivity index (χ2n) is 5.39. The predicted octanol–water partition coefficient (Wildman–Crippen LogP) is 2.66. The van der Waals surface area contributed by atoms with Gasteiger partial charge in [0.15, 0.2) is 0 Å². The number of nitrogens with one attached hydrogen (secondary N) is 2. The summed E-state index contributed by atoms with van der Waals surface area (Å²) in [5.74, 6) is -0.146. The van der Waals surface area contributed by atoms with Gasteiger partial charge in [-0.3, -0.25) is 4.79 Å². The first-order valence-electron chi connectivity index (χ1n) is 7.38. The highest BCUT2D eigenvalue weighted by Crippen LogP contribution is 2.18. The van der Waals surface area contributed by atoms with Crippen molar-refractivity contribution >= 4 is 17.3 Å². The van der Waals surface area contributed by atoms with Crippen LogP contribution in [0.15, 0.2) is 48.5 Å². The molecule has 0 saturated carbocycles. The molecule has 0 bridgehead atoms. The van der Waals surface area contributed by atoms with Crippen molar-refractivity contribution in [1.82, 2.24) is 5.32 Å².